The number of anilines is 1. The van der Waals surface area contributed by atoms with Gasteiger partial charge in [0.05, 0.1) is 4.92 Å². The highest BCUT2D eigenvalue weighted by Crippen LogP contribution is 2.30. The molecule has 0 aliphatic heterocycles. The first-order chi connectivity index (χ1) is 9.49. The fourth-order valence-electron chi connectivity index (χ4n) is 3.04. The van der Waals surface area contributed by atoms with Gasteiger partial charge < -0.3 is 5.32 Å². The summed E-state index contributed by atoms with van der Waals surface area (Å²) in [5.74, 6) is 1.85. The van der Waals surface area contributed by atoms with Gasteiger partial charge in [-0.3, -0.25) is 10.1 Å². The van der Waals surface area contributed by atoms with Crippen LogP contribution in [0.3, 0.4) is 0 Å². The van der Waals surface area contributed by atoms with Crippen LogP contribution in [0.15, 0.2) is 12.1 Å². The van der Waals surface area contributed by atoms with Crippen LogP contribution in [0.1, 0.15) is 38.8 Å². The van der Waals surface area contributed by atoms with Crippen LogP contribution in [0.25, 0.3) is 0 Å². The number of aromatic nitrogens is 1. The van der Waals surface area contributed by atoms with Gasteiger partial charge in [-0.2, -0.15) is 5.26 Å². The second-order valence-corrected chi connectivity index (χ2v) is 5.69. The Hall–Kier alpha value is -2.16. The standard InChI is InChI=1S/C14H18N4O2/c1-9-5-10(2)7-11(6-9)16-14-4-3-13(18(19)20)12(8-15)17-14/h3-4,9-11H,5-7H2,1-2H3,(H,16,17). The van der Waals surface area contributed by atoms with E-state index < -0.39 is 4.92 Å². The Labute approximate surface area is 118 Å². The Morgan fingerprint density at radius 3 is 2.55 bits per heavy atom. The van der Waals surface area contributed by atoms with E-state index in [9.17, 15) is 10.1 Å². The minimum Gasteiger partial charge on any atom is -0.367 e. The fraction of sp³-hybridized carbons (Fsp3) is 0.571. The molecule has 2 rings (SSSR count). The molecular formula is C14H18N4O2. The molecule has 1 saturated carbocycles. The molecule has 1 aliphatic carbocycles. The molecule has 1 aliphatic rings. The SMILES string of the molecule is CC1CC(C)CC(Nc2ccc([N+](=O)[O-])c(C#N)n2)C1. The topological polar surface area (TPSA) is 91.9 Å². The van der Waals surface area contributed by atoms with Crippen molar-refractivity contribution in [1.29, 1.82) is 5.26 Å². The van der Waals surface area contributed by atoms with E-state index in [0.717, 1.165) is 12.8 Å². The van der Waals surface area contributed by atoms with Crippen molar-refractivity contribution in [2.24, 2.45) is 11.8 Å². The zero-order valence-electron chi connectivity index (χ0n) is 11.7. The first kappa shape index (κ1) is 14.3. The van der Waals surface area contributed by atoms with E-state index in [4.69, 9.17) is 5.26 Å². The van der Waals surface area contributed by atoms with Gasteiger partial charge in [0, 0.05) is 12.1 Å². The molecule has 1 N–H and O–H groups in total. The Morgan fingerprint density at radius 2 is 2.00 bits per heavy atom. The minimum absolute atomic E-state index is 0.142. The van der Waals surface area contributed by atoms with E-state index in [0.29, 0.717) is 23.7 Å². The number of pyridine rings is 1. The van der Waals surface area contributed by atoms with Crippen LogP contribution in [0.2, 0.25) is 0 Å². The second-order valence-electron chi connectivity index (χ2n) is 5.69. The third kappa shape index (κ3) is 3.23. The summed E-state index contributed by atoms with van der Waals surface area (Å²) in [5.41, 5.74) is -0.389. The summed E-state index contributed by atoms with van der Waals surface area (Å²) < 4.78 is 0. The van der Waals surface area contributed by atoms with Gasteiger partial charge >= 0.3 is 5.69 Å². The molecule has 1 fully saturated rings. The van der Waals surface area contributed by atoms with Gasteiger partial charge in [0.25, 0.3) is 0 Å². The lowest BCUT2D eigenvalue weighted by atomic mass is 9.80. The fourth-order valence-corrected chi connectivity index (χ4v) is 3.04. The van der Waals surface area contributed by atoms with Crippen molar-refractivity contribution in [3.63, 3.8) is 0 Å². The van der Waals surface area contributed by atoms with Crippen molar-refractivity contribution < 1.29 is 4.92 Å². The molecule has 0 amide bonds. The molecule has 1 aromatic heterocycles. The molecule has 2 unspecified atom stereocenters. The number of rotatable bonds is 3. The summed E-state index contributed by atoms with van der Waals surface area (Å²) in [7, 11) is 0. The number of nitrogens with one attached hydrogen (secondary N) is 1. The van der Waals surface area contributed by atoms with E-state index in [-0.39, 0.29) is 11.4 Å². The molecule has 0 bridgehead atoms. The monoisotopic (exact) mass is 274 g/mol. The maximum atomic E-state index is 10.8. The quantitative estimate of drug-likeness (QED) is 0.675. The second kappa shape index (κ2) is 5.87. The Balaban J connectivity index is 2.14. The van der Waals surface area contributed by atoms with Crippen LogP contribution in [0.4, 0.5) is 11.5 Å². The average molecular weight is 274 g/mol. The summed E-state index contributed by atoms with van der Waals surface area (Å²) in [6.45, 7) is 4.46. The average Bonchev–Trinajstić information content (AvgIpc) is 2.37. The summed E-state index contributed by atoms with van der Waals surface area (Å²) >= 11 is 0. The van der Waals surface area contributed by atoms with Crippen LogP contribution < -0.4 is 5.32 Å². The van der Waals surface area contributed by atoms with Crippen LogP contribution in [-0.2, 0) is 0 Å². The van der Waals surface area contributed by atoms with E-state index >= 15 is 0 Å². The van der Waals surface area contributed by atoms with Crippen LogP contribution >= 0.6 is 0 Å². The van der Waals surface area contributed by atoms with Crippen molar-refractivity contribution in [2.75, 3.05) is 5.32 Å². The molecule has 106 valence electrons. The van der Waals surface area contributed by atoms with Gasteiger partial charge in [-0.05, 0) is 37.2 Å². The predicted octanol–water partition coefficient (Wildman–Crippen LogP) is 3.10. The summed E-state index contributed by atoms with van der Waals surface area (Å²) in [6.07, 6.45) is 3.35. The highest BCUT2D eigenvalue weighted by atomic mass is 16.6. The molecule has 6 heteroatoms. The van der Waals surface area contributed by atoms with Gasteiger partial charge in [-0.15, -0.1) is 0 Å². The first-order valence-corrected chi connectivity index (χ1v) is 6.81. The maximum Gasteiger partial charge on any atom is 0.305 e. The molecule has 6 nitrogen and oxygen atoms in total. The third-order valence-corrected chi connectivity index (χ3v) is 3.71. The smallest absolute Gasteiger partial charge is 0.305 e. The normalized spacial score (nSPS) is 25.8. The number of nitrogens with zero attached hydrogens (tertiary/aromatic N) is 3. The first-order valence-electron chi connectivity index (χ1n) is 6.81. The number of hydrogen-bond donors (Lipinski definition) is 1. The zero-order valence-corrected chi connectivity index (χ0v) is 11.7. The van der Waals surface area contributed by atoms with Crippen molar-refractivity contribution >= 4 is 11.5 Å². The number of hydrogen-bond acceptors (Lipinski definition) is 5. The summed E-state index contributed by atoms with van der Waals surface area (Å²) in [6, 6.07) is 5.00. The van der Waals surface area contributed by atoms with Crippen LogP contribution in [-0.4, -0.2) is 15.9 Å². The molecule has 0 radical (unpaired) electrons. The molecule has 1 aromatic rings. The summed E-state index contributed by atoms with van der Waals surface area (Å²) in [5, 5.41) is 23.0. The van der Waals surface area contributed by atoms with E-state index in [2.05, 4.69) is 24.1 Å². The van der Waals surface area contributed by atoms with Gasteiger partial charge in [-0.25, -0.2) is 4.98 Å². The highest BCUT2D eigenvalue weighted by Gasteiger charge is 2.24. The Morgan fingerprint density at radius 1 is 1.35 bits per heavy atom. The van der Waals surface area contributed by atoms with Crippen molar-refractivity contribution in [2.45, 2.75) is 39.2 Å². The molecule has 0 aromatic carbocycles. The lowest BCUT2D eigenvalue weighted by molar-refractivity contribution is -0.385. The highest BCUT2D eigenvalue weighted by molar-refractivity contribution is 5.50. The minimum atomic E-state index is -0.583. The van der Waals surface area contributed by atoms with Crippen molar-refractivity contribution in [1.82, 2.24) is 4.98 Å². The van der Waals surface area contributed by atoms with Crippen LogP contribution in [0, 0.1) is 33.3 Å². The largest absolute Gasteiger partial charge is 0.367 e. The molecule has 20 heavy (non-hydrogen) atoms. The molecular weight excluding hydrogens is 256 g/mol. The van der Waals surface area contributed by atoms with Gasteiger partial charge in [0.2, 0.25) is 5.69 Å². The van der Waals surface area contributed by atoms with Gasteiger partial charge in [0.1, 0.15) is 11.9 Å². The number of nitriles is 1. The predicted molar refractivity (Wildman–Crippen MR) is 75.2 cm³/mol. The van der Waals surface area contributed by atoms with Gasteiger partial charge in [-0.1, -0.05) is 13.8 Å². The van der Waals surface area contributed by atoms with E-state index in [1.165, 1.54) is 12.5 Å². The zero-order chi connectivity index (χ0) is 14.7. The Bertz CT molecular complexity index is 543. The maximum absolute atomic E-state index is 10.8. The van der Waals surface area contributed by atoms with Crippen molar-refractivity contribution in [3.8, 4) is 6.07 Å². The molecule has 2 atom stereocenters. The number of nitro groups is 1. The van der Waals surface area contributed by atoms with E-state index in [1.54, 1.807) is 12.1 Å². The third-order valence-electron chi connectivity index (χ3n) is 3.71. The molecule has 1 heterocycles. The molecule has 0 spiro atoms. The lowest BCUT2D eigenvalue weighted by Crippen LogP contribution is -2.30. The van der Waals surface area contributed by atoms with E-state index in [1.807, 2.05) is 0 Å². The van der Waals surface area contributed by atoms with Gasteiger partial charge in [0.15, 0.2) is 0 Å². The summed E-state index contributed by atoms with van der Waals surface area (Å²) in [4.78, 5) is 14.2. The van der Waals surface area contributed by atoms with Crippen molar-refractivity contribution in [3.05, 3.63) is 27.9 Å². The molecule has 0 saturated heterocycles. The lowest BCUT2D eigenvalue weighted by Gasteiger charge is -2.32. The van der Waals surface area contributed by atoms with Crippen LogP contribution in [0.5, 0.6) is 0 Å². The Kier molecular flexibility index (Phi) is 4.18.